The molecule has 1 saturated heterocycles. The van der Waals surface area contributed by atoms with Crippen LogP contribution in [0.4, 0.5) is 13.2 Å². The van der Waals surface area contributed by atoms with Gasteiger partial charge in [0.1, 0.15) is 0 Å². The zero-order valence-corrected chi connectivity index (χ0v) is 12.5. The third-order valence-corrected chi connectivity index (χ3v) is 3.56. The van der Waals surface area contributed by atoms with Crippen LogP contribution >= 0.6 is 0 Å². The van der Waals surface area contributed by atoms with Crippen LogP contribution in [0, 0.1) is 5.92 Å². The highest BCUT2D eigenvalue weighted by atomic mass is 19.4. The second kappa shape index (κ2) is 7.67. The molecule has 0 aromatic heterocycles. The van der Waals surface area contributed by atoms with E-state index in [2.05, 4.69) is 11.8 Å². The summed E-state index contributed by atoms with van der Waals surface area (Å²) < 4.78 is 37.2. The van der Waals surface area contributed by atoms with Gasteiger partial charge in [-0.1, -0.05) is 32.9 Å². The fourth-order valence-corrected chi connectivity index (χ4v) is 2.28. The van der Waals surface area contributed by atoms with E-state index < -0.39 is 11.7 Å². The van der Waals surface area contributed by atoms with Gasteiger partial charge < -0.3 is 0 Å². The van der Waals surface area contributed by atoms with Gasteiger partial charge >= 0.3 is 6.18 Å². The summed E-state index contributed by atoms with van der Waals surface area (Å²) in [6, 6.07) is 5.51. The Hall–Kier alpha value is -1.03. The predicted octanol–water partition coefficient (Wildman–Crippen LogP) is 4.96. The predicted molar refractivity (Wildman–Crippen MR) is 76.5 cm³/mol. The molecule has 0 N–H and O–H groups in total. The van der Waals surface area contributed by atoms with Gasteiger partial charge in [0.25, 0.3) is 0 Å². The van der Waals surface area contributed by atoms with Gasteiger partial charge in [0.2, 0.25) is 0 Å². The maximum atomic E-state index is 12.4. The molecule has 0 bridgehead atoms. The first-order chi connectivity index (χ1) is 9.45. The molecule has 1 aromatic carbocycles. The van der Waals surface area contributed by atoms with E-state index in [1.807, 2.05) is 13.8 Å². The molecule has 1 aromatic rings. The van der Waals surface area contributed by atoms with Gasteiger partial charge in [-0.3, -0.25) is 4.90 Å². The normalized spacial score (nSPS) is 17.5. The van der Waals surface area contributed by atoms with Crippen molar-refractivity contribution in [3.05, 3.63) is 35.4 Å². The Morgan fingerprint density at radius 3 is 2.00 bits per heavy atom. The van der Waals surface area contributed by atoms with Gasteiger partial charge in [0.15, 0.2) is 0 Å². The van der Waals surface area contributed by atoms with Crippen LogP contribution in [0.15, 0.2) is 24.3 Å². The number of rotatable bonds is 2. The molecule has 1 nitrogen and oxygen atoms in total. The minimum atomic E-state index is -4.24. The summed E-state index contributed by atoms with van der Waals surface area (Å²) in [5.41, 5.74) is 0.385. The zero-order valence-electron chi connectivity index (χ0n) is 12.5. The van der Waals surface area contributed by atoms with Gasteiger partial charge in [0, 0.05) is 6.54 Å². The number of hydrogen-bond acceptors (Lipinski definition) is 1. The molecule has 4 heteroatoms. The Labute approximate surface area is 119 Å². The summed E-state index contributed by atoms with van der Waals surface area (Å²) in [5.74, 6) is 0.772. The summed E-state index contributed by atoms with van der Waals surface area (Å²) >= 11 is 0. The van der Waals surface area contributed by atoms with Crippen molar-refractivity contribution < 1.29 is 13.2 Å². The summed E-state index contributed by atoms with van der Waals surface area (Å²) in [6.07, 6.45) is -1.87. The van der Waals surface area contributed by atoms with Crippen LogP contribution in [-0.2, 0) is 12.7 Å². The van der Waals surface area contributed by atoms with Crippen LogP contribution in [0.5, 0.6) is 0 Å². The molecule has 0 spiro atoms. The molecular formula is C16H24F3N. The number of hydrogen-bond donors (Lipinski definition) is 0. The van der Waals surface area contributed by atoms with Crippen molar-refractivity contribution in [3.8, 4) is 0 Å². The van der Waals surface area contributed by atoms with Crippen LogP contribution in [0.25, 0.3) is 0 Å². The molecule has 0 aliphatic carbocycles. The van der Waals surface area contributed by atoms with Gasteiger partial charge in [0.05, 0.1) is 5.56 Å². The van der Waals surface area contributed by atoms with Crippen molar-refractivity contribution >= 4 is 0 Å². The first-order valence-corrected chi connectivity index (χ1v) is 7.33. The van der Waals surface area contributed by atoms with E-state index >= 15 is 0 Å². The number of alkyl halides is 3. The first-order valence-electron chi connectivity index (χ1n) is 7.33. The highest BCUT2D eigenvalue weighted by molar-refractivity contribution is 5.24. The van der Waals surface area contributed by atoms with E-state index in [1.54, 1.807) is 12.1 Å². The van der Waals surface area contributed by atoms with Crippen molar-refractivity contribution in [3.63, 3.8) is 0 Å². The van der Waals surface area contributed by atoms with Crippen LogP contribution in [0.3, 0.4) is 0 Å². The SMILES string of the molecule is CC.CC1CCN(Cc2ccc(C(F)(F)F)cc2)CC1. The van der Waals surface area contributed by atoms with E-state index in [0.717, 1.165) is 31.1 Å². The van der Waals surface area contributed by atoms with Crippen LogP contribution in [0.1, 0.15) is 44.7 Å². The Bertz CT molecular complexity index is 376. The van der Waals surface area contributed by atoms with Crippen molar-refractivity contribution in [2.45, 2.75) is 46.3 Å². The molecule has 0 amide bonds. The molecule has 1 aliphatic heterocycles. The lowest BCUT2D eigenvalue weighted by Crippen LogP contribution is -2.32. The van der Waals surface area contributed by atoms with E-state index in [4.69, 9.17) is 0 Å². The molecule has 1 fully saturated rings. The van der Waals surface area contributed by atoms with Gasteiger partial charge in [-0.2, -0.15) is 13.2 Å². The number of likely N-dealkylation sites (tertiary alicyclic amines) is 1. The lowest BCUT2D eigenvalue weighted by Gasteiger charge is -2.30. The number of nitrogens with zero attached hydrogens (tertiary/aromatic N) is 1. The number of piperidine rings is 1. The van der Waals surface area contributed by atoms with E-state index in [1.165, 1.54) is 25.0 Å². The molecule has 20 heavy (non-hydrogen) atoms. The highest BCUT2D eigenvalue weighted by Gasteiger charge is 2.30. The van der Waals surface area contributed by atoms with Crippen molar-refractivity contribution in [1.82, 2.24) is 4.90 Å². The summed E-state index contributed by atoms with van der Waals surface area (Å²) in [4.78, 5) is 2.31. The lowest BCUT2D eigenvalue weighted by molar-refractivity contribution is -0.137. The molecule has 0 saturated carbocycles. The average Bonchev–Trinajstić information content (AvgIpc) is 2.43. The Kier molecular flexibility index (Phi) is 6.53. The smallest absolute Gasteiger partial charge is 0.299 e. The second-order valence-corrected chi connectivity index (χ2v) is 5.15. The minimum Gasteiger partial charge on any atom is -0.299 e. The zero-order chi connectivity index (χ0) is 15.2. The van der Waals surface area contributed by atoms with E-state index in [9.17, 15) is 13.2 Å². The van der Waals surface area contributed by atoms with Crippen molar-refractivity contribution in [2.24, 2.45) is 5.92 Å². The molecule has 1 aliphatic rings. The maximum absolute atomic E-state index is 12.4. The first kappa shape index (κ1) is 17.0. The molecule has 1 heterocycles. The second-order valence-electron chi connectivity index (χ2n) is 5.15. The van der Waals surface area contributed by atoms with Crippen molar-refractivity contribution in [1.29, 1.82) is 0 Å². The number of benzene rings is 1. The molecule has 0 radical (unpaired) electrons. The van der Waals surface area contributed by atoms with Crippen LogP contribution in [0.2, 0.25) is 0 Å². The molecule has 2 rings (SSSR count). The fraction of sp³-hybridized carbons (Fsp3) is 0.625. The quantitative estimate of drug-likeness (QED) is 0.743. The van der Waals surface area contributed by atoms with E-state index in [-0.39, 0.29) is 0 Å². The molecular weight excluding hydrogens is 263 g/mol. The Morgan fingerprint density at radius 2 is 1.55 bits per heavy atom. The Balaban J connectivity index is 0.000000956. The number of halogens is 3. The minimum absolute atomic E-state index is 0.571. The average molecular weight is 287 g/mol. The molecule has 0 unspecified atom stereocenters. The lowest BCUT2D eigenvalue weighted by atomic mass is 9.99. The maximum Gasteiger partial charge on any atom is 0.416 e. The fourth-order valence-electron chi connectivity index (χ4n) is 2.28. The third kappa shape index (κ3) is 5.16. The van der Waals surface area contributed by atoms with E-state index in [0.29, 0.717) is 0 Å². The Morgan fingerprint density at radius 1 is 1.05 bits per heavy atom. The van der Waals surface area contributed by atoms with Gasteiger partial charge in [-0.25, -0.2) is 0 Å². The standard InChI is InChI=1S/C14H18F3N.C2H6/c1-11-6-8-18(9-7-11)10-12-2-4-13(5-3-12)14(15,16)17;1-2/h2-5,11H,6-10H2,1H3;1-2H3. The molecule has 0 atom stereocenters. The molecule has 114 valence electrons. The van der Waals surface area contributed by atoms with Crippen LogP contribution in [-0.4, -0.2) is 18.0 Å². The van der Waals surface area contributed by atoms with Crippen LogP contribution < -0.4 is 0 Å². The topological polar surface area (TPSA) is 3.24 Å². The van der Waals surface area contributed by atoms with Crippen molar-refractivity contribution in [2.75, 3.05) is 13.1 Å². The van der Waals surface area contributed by atoms with Gasteiger partial charge in [-0.05, 0) is 49.5 Å². The summed E-state index contributed by atoms with van der Waals surface area (Å²) in [7, 11) is 0. The summed E-state index contributed by atoms with van der Waals surface area (Å²) in [6.45, 7) is 9.09. The largest absolute Gasteiger partial charge is 0.416 e. The monoisotopic (exact) mass is 287 g/mol. The summed E-state index contributed by atoms with van der Waals surface area (Å²) in [5, 5.41) is 0. The third-order valence-electron chi connectivity index (χ3n) is 3.56. The van der Waals surface area contributed by atoms with Gasteiger partial charge in [-0.15, -0.1) is 0 Å². The highest BCUT2D eigenvalue weighted by Crippen LogP contribution is 2.29.